The molecule has 2 fully saturated rings. The van der Waals surface area contributed by atoms with Crippen LogP contribution in [0.1, 0.15) is 38.2 Å². The van der Waals surface area contributed by atoms with E-state index in [0.717, 1.165) is 36.3 Å². The number of aryl methyl sites for hydroxylation is 2. The molecule has 0 saturated carbocycles. The van der Waals surface area contributed by atoms with E-state index in [1.807, 2.05) is 32.0 Å². The highest BCUT2D eigenvalue weighted by atomic mass is 19.4. The van der Waals surface area contributed by atoms with Crippen LogP contribution < -0.4 is 0 Å². The highest BCUT2D eigenvalue weighted by Crippen LogP contribution is 2.37. The summed E-state index contributed by atoms with van der Waals surface area (Å²) in [6.45, 7) is 9.59. The monoisotopic (exact) mass is 583 g/mol. The molecule has 1 amide bonds. The zero-order chi connectivity index (χ0) is 29.8. The number of alkyl halides is 6. The molecule has 2 saturated heterocycles. The molecule has 0 N–H and O–H groups in total. The number of carbonyl (C=O) groups excluding carboxylic acids is 1. The summed E-state index contributed by atoms with van der Waals surface area (Å²) in [5.41, 5.74) is -0.500. The second-order valence-electron chi connectivity index (χ2n) is 10.7. The first-order valence-corrected chi connectivity index (χ1v) is 13.7. The summed E-state index contributed by atoms with van der Waals surface area (Å²) < 4.78 is 86.2. The van der Waals surface area contributed by atoms with Gasteiger partial charge in [-0.1, -0.05) is 30.4 Å². The third-order valence-corrected chi connectivity index (χ3v) is 7.70. The molecule has 0 radical (unpaired) electrons. The predicted molar refractivity (Wildman–Crippen MR) is 144 cm³/mol. The first-order chi connectivity index (χ1) is 19.3. The van der Waals surface area contributed by atoms with Crippen molar-refractivity contribution in [2.24, 2.45) is 0 Å². The van der Waals surface area contributed by atoms with Crippen molar-refractivity contribution in [3.8, 4) is 0 Å². The minimum atomic E-state index is -5.03. The molecule has 0 spiro atoms. The van der Waals surface area contributed by atoms with E-state index >= 15 is 0 Å². The summed E-state index contributed by atoms with van der Waals surface area (Å²) in [5, 5.41) is 0. The quantitative estimate of drug-likeness (QED) is 0.314. The molecule has 0 aliphatic carbocycles. The van der Waals surface area contributed by atoms with Gasteiger partial charge in [-0.3, -0.25) is 14.6 Å². The number of rotatable bonds is 7. The van der Waals surface area contributed by atoms with Crippen molar-refractivity contribution in [1.29, 1.82) is 0 Å². The lowest BCUT2D eigenvalue weighted by atomic mass is 9.97. The third-order valence-electron chi connectivity index (χ3n) is 7.70. The highest BCUT2D eigenvalue weighted by molar-refractivity contribution is 5.95. The van der Waals surface area contributed by atoms with Gasteiger partial charge in [0, 0.05) is 57.4 Å². The number of carbonyl (C=O) groups is 1. The summed E-state index contributed by atoms with van der Waals surface area (Å²) in [7, 11) is 0. The predicted octanol–water partition coefficient (Wildman–Crippen LogP) is 5.60. The molecule has 0 unspecified atom stereocenters. The molecule has 2 aliphatic rings. The minimum absolute atomic E-state index is 0.0462. The number of ether oxygens (including phenoxy) is 1. The largest absolute Gasteiger partial charge is 0.416 e. The van der Waals surface area contributed by atoms with Crippen molar-refractivity contribution in [1.82, 2.24) is 14.7 Å². The zero-order valence-electron chi connectivity index (χ0n) is 23.2. The Labute approximate surface area is 236 Å². The Hall–Kier alpha value is -2.89. The van der Waals surface area contributed by atoms with E-state index in [4.69, 9.17) is 4.74 Å². The summed E-state index contributed by atoms with van der Waals surface area (Å²) in [6.07, 6.45) is -5.49. The zero-order valence-corrected chi connectivity index (χ0v) is 23.2. The Balaban J connectivity index is 1.55. The molecular formula is C30H35F6N3O2. The molecule has 2 aromatic carbocycles. The van der Waals surface area contributed by atoms with Crippen molar-refractivity contribution >= 4 is 5.91 Å². The van der Waals surface area contributed by atoms with Crippen molar-refractivity contribution in [2.75, 3.05) is 59.0 Å². The van der Waals surface area contributed by atoms with Crippen LogP contribution in [0, 0.1) is 13.8 Å². The maximum absolute atomic E-state index is 13.6. The normalized spacial score (nSPS) is 19.7. The third kappa shape index (κ3) is 8.33. The van der Waals surface area contributed by atoms with E-state index in [2.05, 4.69) is 22.0 Å². The molecule has 41 heavy (non-hydrogen) atoms. The fraction of sp³-hybridized carbons (Fsp3) is 0.500. The Bertz CT molecular complexity index is 1210. The Kier molecular flexibility index (Phi) is 9.81. The fourth-order valence-electron chi connectivity index (χ4n) is 5.21. The molecule has 0 aromatic heterocycles. The number of hydrogen-bond acceptors (Lipinski definition) is 4. The molecule has 2 heterocycles. The van der Waals surface area contributed by atoms with Gasteiger partial charge in [-0.15, -0.1) is 0 Å². The van der Waals surface area contributed by atoms with E-state index < -0.39 is 41.0 Å². The van der Waals surface area contributed by atoms with Crippen LogP contribution in [0.2, 0.25) is 0 Å². The maximum Gasteiger partial charge on any atom is 0.416 e. The van der Waals surface area contributed by atoms with Gasteiger partial charge in [0.1, 0.15) is 0 Å². The molecule has 0 bridgehead atoms. The number of benzene rings is 2. The van der Waals surface area contributed by atoms with Crippen LogP contribution in [-0.2, 0) is 23.5 Å². The van der Waals surface area contributed by atoms with E-state index in [0.29, 0.717) is 51.4 Å². The lowest BCUT2D eigenvalue weighted by Crippen LogP contribution is -2.56. The number of amides is 1. The van der Waals surface area contributed by atoms with Crippen LogP contribution in [0.3, 0.4) is 0 Å². The average Bonchev–Trinajstić information content (AvgIpc) is 2.92. The summed E-state index contributed by atoms with van der Waals surface area (Å²) >= 11 is 0. The first kappa shape index (κ1) is 31.1. The summed E-state index contributed by atoms with van der Waals surface area (Å²) in [4.78, 5) is 19.4. The Morgan fingerprint density at radius 1 is 0.829 bits per heavy atom. The second kappa shape index (κ2) is 13.0. The van der Waals surface area contributed by atoms with Gasteiger partial charge < -0.3 is 9.64 Å². The van der Waals surface area contributed by atoms with Gasteiger partial charge in [-0.25, -0.2) is 0 Å². The van der Waals surface area contributed by atoms with Gasteiger partial charge in [0.2, 0.25) is 0 Å². The van der Waals surface area contributed by atoms with Crippen LogP contribution in [0.4, 0.5) is 26.3 Å². The van der Waals surface area contributed by atoms with Crippen LogP contribution in [0.25, 0.3) is 0 Å². The Morgan fingerprint density at radius 3 is 2.02 bits per heavy atom. The van der Waals surface area contributed by atoms with Gasteiger partial charge in [-0.2, -0.15) is 26.3 Å². The maximum atomic E-state index is 13.6. The summed E-state index contributed by atoms with van der Waals surface area (Å²) in [6, 6.07) is 6.56. The van der Waals surface area contributed by atoms with E-state index in [1.54, 1.807) is 0 Å². The average molecular weight is 584 g/mol. The van der Waals surface area contributed by atoms with E-state index in [-0.39, 0.29) is 12.6 Å². The number of halogens is 6. The van der Waals surface area contributed by atoms with Gasteiger partial charge in [0.25, 0.3) is 5.91 Å². The smallest absolute Gasteiger partial charge is 0.379 e. The van der Waals surface area contributed by atoms with Crippen molar-refractivity contribution < 1.29 is 35.9 Å². The van der Waals surface area contributed by atoms with Gasteiger partial charge in [-0.05, 0) is 55.2 Å². The Morgan fingerprint density at radius 2 is 1.44 bits per heavy atom. The van der Waals surface area contributed by atoms with E-state index in [9.17, 15) is 31.1 Å². The molecule has 2 aliphatic heterocycles. The summed E-state index contributed by atoms with van der Waals surface area (Å²) in [5.74, 6) is -0.835. The molecule has 11 heteroatoms. The lowest BCUT2D eigenvalue weighted by Gasteiger charge is -2.41. The molecular weight excluding hydrogens is 548 g/mol. The van der Waals surface area contributed by atoms with E-state index in [1.165, 1.54) is 4.90 Å². The highest BCUT2D eigenvalue weighted by Gasteiger charge is 2.39. The molecule has 4 rings (SSSR count). The van der Waals surface area contributed by atoms with Gasteiger partial charge in [0.05, 0.1) is 24.3 Å². The van der Waals surface area contributed by atoms with Gasteiger partial charge >= 0.3 is 12.4 Å². The van der Waals surface area contributed by atoms with Crippen LogP contribution >= 0.6 is 0 Å². The van der Waals surface area contributed by atoms with Crippen molar-refractivity contribution in [3.63, 3.8) is 0 Å². The number of piperazine rings is 1. The van der Waals surface area contributed by atoms with Crippen molar-refractivity contribution in [2.45, 2.75) is 38.7 Å². The van der Waals surface area contributed by atoms with Crippen molar-refractivity contribution in [3.05, 3.63) is 81.9 Å². The molecule has 1 atom stereocenters. The number of hydrogen-bond donors (Lipinski definition) is 0. The molecule has 5 nitrogen and oxygen atoms in total. The first-order valence-electron chi connectivity index (χ1n) is 13.7. The standard InChI is InChI=1S/C30H35F6N3O2/c1-21-5-6-23(15-22(21)2)16-27-20-38(8-4-3-7-37-11-13-41-14-12-37)9-10-39(27)28(40)24-17-25(29(31,32)33)19-26(18-24)30(34,35)36/h3-6,15,17-19,27H,7-14,16,20H2,1-2H3/b4-3-/t27-/m1/s1. The lowest BCUT2D eigenvalue weighted by molar-refractivity contribution is -0.143. The van der Waals surface area contributed by atoms with Gasteiger partial charge in [0.15, 0.2) is 0 Å². The number of morpholine rings is 1. The minimum Gasteiger partial charge on any atom is -0.379 e. The topological polar surface area (TPSA) is 36.0 Å². The van der Waals surface area contributed by atoms with Crippen LogP contribution in [-0.4, -0.2) is 85.7 Å². The molecule has 224 valence electrons. The van der Waals surface area contributed by atoms with Crippen LogP contribution in [0.15, 0.2) is 48.6 Å². The van der Waals surface area contributed by atoms with Crippen LogP contribution in [0.5, 0.6) is 0 Å². The fourth-order valence-corrected chi connectivity index (χ4v) is 5.21. The number of nitrogens with zero attached hydrogens (tertiary/aromatic N) is 3. The SMILES string of the molecule is Cc1ccc(C[C@@H]2CN(C/C=C\CN3CCOCC3)CCN2C(=O)c2cc(C(F)(F)F)cc(C(F)(F)F)c2)cc1C. The second-order valence-corrected chi connectivity index (χ2v) is 10.7. The molecule has 2 aromatic rings.